The molecule has 0 heterocycles. The summed E-state index contributed by atoms with van der Waals surface area (Å²) in [5.41, 5.74) is 0. The summed E-state index contributed by atoms with van der Waals surface area (Å²) in [5.74, 6) is 0.232. The normalized spacial score (nSPS) is 28.6. The molecule has 44 valence electrons. The van der Waals surface area contributed by atoms with E-state index in [1.807, 2.05) is 6.08 Å². The Balaban J connectivity index is 2.55. The first kappa shape index (κ1) is 5.89. The summed E-state index contributed by atoms with van der Waals surface area (Å²) in [4.78, 5) is 10.5. The van der Waals surface area contributed by atoms with Crippen molar-refractivity contribution in [2.24, 2.45) is 0 Å². The van der Waals surface area contributed by atoms with Crippen LogP contribution in [0.4, 0.5) is 0 Å². The van der Waals surface area contributed by atoms with E-state index in [4.69, 9.17) is 0 Å². The highest BCUT2D eigenvalue weighted by atomic mass is 32.1. The molecule has 0 amide bonds. The third kappa shape index (κ3) is 1.37. The molecule has 8 heavy (non-hydrogen) atoms. The summed E-state index contributed by atoms with van der Waals surface area (Å²) in [6.07, 6.45) is 5.03. The lowest BCUT2D eigenvalue weighted by molar-refractivity contribution is -0.114. The quantitative estimate of drug-likeness (QED) is 0.485. The topological polar surface area (TPSA) is 17.1 Å². The molecule has 0 spiro atoms. The van der Waals surface area contributed by atoms with Gasteiger partial charge in [-0.05, 0) is 12.5 Å². The zero-order chi connectivity index (χ0) is 5.98. The molecule has 0 aromatic rings. The predicted molar refractivity (Wildman–Crippen MR) is 36.2 cm³/mol. The van der Waals surface area contributed by atoms with Crippen LogP contribution in [0.15, 0.2) is 12.2 Å². The summed E-state index contributed by atoms with van der Waals surface area (Å²) in [6, 6.07) is 0. The molecule has 1 nitrogen and oxygen atoms in total. The molecule has 0 saturated carbocycles. The van der Waals surface area contributed by atoms with Gasteiger partial charge in [-0.2, -0.15) is 12.6 Å². The van der Waals surface area contributed by atoms with E-state index in [1.165, 1.54) is 0 Å². The summed E-state index contributed by atoms with van der Waals surface area (Å²) in [6.45, 7) is 0. The van der Waals surface area contributed by atoms with E-state index in [2.05, 4.69) is 12.6 Å². The van der Waals surface area contributed by atoms with Crippen molar-refractivity contribution in [3.05, 3.63) is 12.2 Å². The second-order valence-electron chi connectivity index (χ2n) is 1.93. The Morgan fingerprint density at radius 1 is 1.75 bits per heavy atom. The lowest BCUT2D eigenvalue weighted by atomic mass is 10.1. The van der Waals surface area contributed by atoms with Crippen LogP contribution in [0.1, 0.15) is 12.8 Å². The summed E-state index contributed by atoms with van der Waals surface area (Å²) in [5, 5.41) is 0.313. The van der Waals surface area contributed by atoms with Crippen LogP contribution in [0.2, 0.25) is 0 Å². The van der Waals surface area contributed by atoms with Crippen molar-refractivity contribution in [3.8, 4) is 0 Å². The van der Waals surface area contributed by atoms with Crippen molar-refractivity contribution < 1.29 is 4.79 Å². The van der Waals surface area contributed by atoms with Crippen molar-refractivity contribution in [2.45, 2.75) is 18.1 Å². The van der Waals surface area contributed by atoms with Crippen molar-refractivity contribution in [1.82, 2.24) is 0 Å². The van der Waals surface area contributed by atoms with E-state index in [0.29, 0.717) is 11.7 Å². The molecule has 0 N–H and O–H groups in total. The van der Waals surface area contributed by atoms with Crippen LogP contribution in [0, 0.1) is 0 Å². The van der Waals surface area contributed by atoms with Crippen LogP contribution in [-0.2, 0) is 4.79 Å². The van der Waals surface area contributed by atoms with Crippen LogP contribution < -0.4 is 0 Å². The maximum atomic E-state index is 10.5. The molecule has 1 unspecified atom stereocenters. The molecule has 2 heteroatoms. The molecule has 0 saturated heterocycles. The van der Waals surface area contributed by atoms with Crippen LogP contribution in [0.25, 0.3) is 0 Å². The van der Waals surface area contributed by atoms with Gasteiger partial charge < -0.3 is 0 Å². The Morgan fingerprint density at radius 3 is 2.88 bits per heavy atom. The first-order chi connectivity index (χ1) is 3.79. The van der Waals surface area contributed by atoms with Gasteiger partial charge in [-0.3, -0.25) is 4.79 Å². The van der Waals surface area contributed by atoms with Crippen LogP contribution in [-0.4, -0.2) is 11.0 Å². The maximum Gasteiger partial charge on any atom is 0.155 e. The van der Waals surface area contributed by atoms with E-state index in [9.17, 15) is 4.79 Å². The second-order valence-corrected chi connectivity index (χ2v) is 2.59. The number of rotatable bonds is 0. The van der Waals surface area contributed by atoms with Crippen LogP contribution in [0.3, 0.4) is 0 Å². The number of hydrogen-bond donors (Lipinski definition) is 1. The average molecular weight is 128 g/mol. The molecule has 0 aromatic heterocycles. The Labute approximate surface area is 54.2 Å². The zero-order valence-electron chi connectivity index (χ0n) is 4.50. The zero-order valence-corrected chi connectivity index (χ0v) is 5.40. The van der Waals surface area contributed by atoms with Gasteiger partial charge in [-0.1, -0.05) is 6.08 Å². The lowest BCUT2D eigenvalue weighted by Crippen LogP contribution is -2.06. The third-order valence-electron chi connectivity index (χ3n) is 1.19. The van der Waals surface area contributed by atoms with Crippen molar-refractivity contribution in [2.75, 3.05) is 0 Å². The minimum absolute atomic E-state index is 0.232. The van der Waals surface area contributed by atoms with Gasteiger partial charge in [0.15, 0.2) is 5.78 Å². The van der Waals surface area contributed by atoms with Crippen molar-refractivity contribution >= 4 is 18.4 Å². The monoisotopic (exact) mass is 128 g/mol. The molecular weight excluding hydrogens is 120 g/mol. The van der Waals surface area contributed by atoms with Gasteiger partial charge in [-0.25, -0.2) is 0 Å². The summed E-state index contributed by atoms with van der Waals surface area (Å²) >= 11 is 4.16. The Morgan fingerprint density at radius 2 is 2.50 bits per heavy atom. The molecule has 0 radical (unpaired) electrons. The fourth-order valence-electron chi connectivity index (χ4n) is 0.688. The van der Waals surface area contributed by atoms with E-state index in [0.717, 1.165) is 6.42 Å². The first-order valence-corrected chi connectivity index (χ1v) is 3.20. The van der Waals surface area contributed by atoms with Gasteiger partial charge in [0.2, 0.25) is 0 Å². The molecule has 0 bridgehead atoms. The summed E-state index contributed by atoms with van der Waals surface area (Å²) in [7, 11) is 0. The molecule has 1 aliphatic rings. The molecular formula is C6H8OS. The van der Waals surface area contributed by atoms with Gasteiger partial charge in [0.25, 0.3) is 0 Å². The highest BCUT2D eigenvalue weighted by Crippen LogP contribution is 2.11. The van der Waals surface area contributed by atoms with Crippen molar-refractivity contribution in [3.63, 3.8) is 0 Å². The molecule has 1 aliphatic carbocycles. The van der Waals surface area contributed by atoms with Gasteiger partial charge in [0, 0.05) is 11.7 Å². The fraction of sp³-hybridized carbons (Fsp3) is 0.500. The molecule has 0 aromatic carbocycles. The molecule has 0 fully saturated rings. The summed E-state index contributed by atoms with van der Waals surface area (Å²) < 4.78 is 0. The Bertz CT molecular complexity index is 128. The Kier molecular flexibility index (Phi) is 1.73. The van der Waals surface area contributed by atoms with E-state index >= 15 is 0 Å². The predicted octanol–water partition coefficient (Wildman–Crippen LogP) is 1.20. The van der Waals surface area contributed by atoms with E-state index in [1.54, 1.807) is 6.08 Å². The van der Waals surface area contributed by atoms with Crippen molar-refractivity contribution in [1.29, 1.82) is 0 Å². The number of ketones is 1. The molecule has 1 atom stereocenters. The highest BCUT2D eigenvalue weighted by molar-refractivity contribution is 7.81. The molecule has 1 rings (SSSR count). The van der Waals surface area contributed by atoms with E-state index < -0.39 is 0 Å². The standard InChI is InChI=1S/C6H8OS/c7-5-1-3-6(8)4-2-5/h1,3,6,8H,2,4H2. The Hall–Kier alpha value is -0.240. The van der Waals surface area contributed by atoms with Gasteiger partial charge in [-0.15, -0.1) is 0 Å². The number of thiol groups is 1. The largest absolute Gasteiger partial charge is 0.295 e. The highest BCUT2D eigenvalue weighted by Gasteiger charge is 2.07. The number of allylic oxidation sites excluding steroid dienone is 1. The molecule has 0 aliphatic heterocycles. The first-order valence-electron chi connectivity index (χ1n) is 2.68. The number of carbonyl (C=O) groups excluding carboxylic acids is 1. The van der Waals surface area contributed by atoms with E-state index in [-0.39, 0.29) is 5.78 Å². The fourth-order valence-corrected chi connectivity index (χ4v) is 0.903. The SMILES string of the molecule is O=C1C=CC(S)CC1. The average Bonchev–Trinajstić information content (AvgIpc) is 1.77. The van der Waals surface area contributed by atoms with Gasteiger partial charge in [0.05, 0.1) is 0 Å². The van der Waals surface area contributed by atoms with Crippen LogP contribution in [0.5, 0.6) is 0 Å². The second kappa shape index (κ2) is 2.35. The third-order valence-corrected chi connectivity index (χ3v) is 1.62. The van der Waals surface area contributed by atoms with Gasteiger partial charge in [0.1, 0.15) is 0 Å². The number of carbonyl (C=O) groups is 1. The minimum atomic E-state index is 0.232. The lowest BCUT2D eigenvalue weighted by Gasteiger charge is -2.06. The minimum Gasteiger partial charge on any atom is -0.295 e. The smallest absolute Gasteiger partial charge is 0.155 e. The van der Waals surface area contributed by atoms with Gasteiger partial charge >= 0.3 is 0 Å². The van der Waals surface area contributed by atoms with Crippen LogP contribution >= 0.6 is 12.6 Å². The maximum absolute atomic E-state index is 10.5. The number of hydrogen-bond acceptors (Lipinski definition) is 2.